The molecule has 1 aliphatic rings. The number of nitrogens with one attached hydrogen (secondary N) is 2. The predicted octanol–water partition coefficient (Wildman–Crippen LogP) is 4.21. The smallest absolute Gasteiger partial charge is 0.329 e. The first-order valence-electron chi connectivity index (χ1n) is 10.4. The molecule has 0 unspecified atom stereocenters. The highest BCUT2D eigenvalue weighted by molar-refractivity contribution is 7.97. The van der Waals surface area contributed by atoms with Crippen molar-refractivity contribution >= 4 is 23.7 Å². The molecule has 1 aromatic carbocycles. The molecule has 0 radical (unpaired) electrons. The fourth-order valence-electron chi connectivity index (χ4n) is 3.83. The Morgan fingerprint density at radius 1 is 1.22 bits per heavy atom. The molecule has 166 valence electrons. The molecular formula is C23H25N5O3S. The van der Waals surface area contributed by atoms with Crippen molar-refractivity contribution in [2.45, 2.75) is 44.2 Å². The number of carbonyl (C=O) groups excluding carboxylic acids is 1. The Morgan fingerprint density at radius 2 is 2.06 bits per heavy atom. The number of fused-ring (bicyclic) bond motifs is 1. The average molecular weight is 452 g/mol. The maximum absolute atomic E-state index is 12.8. The van der Waals surface area contributed by atoms with Gasteiger partial charge in [-0.15, -0.1) is 0 Å². The average Bonchev–Trinajstić information content (AvgIpc) is 3.28. The number of benzene rings is 1. The molecule has 0 fully saturated rings. The first-order valence-corrected chi connectivity index (χ1v) is 11.2. The second kappa shape index (κ2) is 9.44. The summed E-state index contributed by atoms with van der Waals surface area (Å²) in [5.74, 6) is 0.514. The van der Waals surface area contributed by atoms with E-state index in [-0.39, 0.29) is 17.6 Å². The Kier molecular flexibility index (Phi) is 6.45. The summed E-state index contributed by atoms with van der Waals surface area (Å²) < 4.78 is 9.62. The molecule has 0 aliphatic heterocycles. The molecule has 2 amide bonds. The monoisotopic (exact) mass is 451 g/mol. The molecule has 9 heteroatoms. The van der Waals surface area contributed by atoms with Crippen LogP contribution in [0.15, 0.2) is 52.7 Å². The van der Waals surface area contributed by atoms with Crippen LogP contribution >= 0.6 is 11.9 Å². The van der Waals surface area contributed by atoms with Crippen LogP contribution in [-0.2, 0) is 12.8 Å². The van der Waals surface area contributed by atoms with Crippen LogP contribution in [0.1, 0.15) is 37.4 Å². The zero-order valence-corrected chi connectivity index (χ0v) is 19.0. The molecule has 4 rings (SSSR count). The number of anilines is 1. The van der Waals surface area contributed by atoms with Gasteiger partial charge in [0.15, 0.2) is 0 Å². The summed E-state index contributed by atoms with van der Waals surface area (Å²) in [6, 6.07) is 7.56. The van der Waals surface area contributed by atoms with Gasteiger partial charge in [0, 0.05) is 42.0 Å². The minimum atomic E-state index is -0.360. The van der Waals surface area contributed by atoms with Gasteiger partial charge >= 0.3 is 6.03 Å². The highest BCUT2D eigenvalue weighted by atomic mass is 32.2. The Balaban J connectivity index is 1.57. The van der Waals surface area contributed by atoms with Crippen molar-refractivity contribution in [1.82, 2.24) is 19.3 Å². The van der Waals surface area contributed by atoms with Crippen LogP contribution in [0.4, 0.5) is 10.5 Å². The number of nitrogens with zero attached hydrogens (tertiary/aromatic N) is 3. The van der Waals surface area contributed by atoms with Crippen molar-refractivity contribution in [3.63, 3.8) is 0 Å². The molecule has 32 heavy (non-hydrogen) atoms. The van der Waals surface area contributed by atoms with E-state index in [1.807, 2.05) is 32.0 Å². The molecule has 0 saturated carbocycles. The Labute approximate surface area is 190 Å². The van der Waals surface area contributed by atoms with E-state index in [1.165, 1.54) is 11.8 Å². The lowest BCUT2D eigenvalue weighted by atomic mass is 9.98. The van der Waals surface area contributed by atoms with E-state index in [0.29, 0.717) is 10.9 Å². The van der Waals surface area contributed by atoms with Crippen LogP contribution in [0.25, 0.3) is 11.1 Å². The fourth-order valence-corrected chi connectivity index (χ4v) is 4.35. The van der Waals surface area contributed by atoms with Gasteiger partial charge in [0.1, 0.15) is 5.03 Å². The molecule has 0 spiro atoms. The first kappa shape index (κ1) is 21.9. The summed E-state index contributed by atoms with van der Waals surface area (Å²) >= 11 is 1.07. The number of aromatic nitrogens is 3. The number of urea groups is 1. The molecule has 1 aliphatic carbocycles. The minimum absolute atomic E-state index is 0.00509. The van der Waals surface area contributed by atoms with Crippen molar-refractivity contribution in [2.24, 2.45) is 0 Å². The summed E-state index contributed by atoms with van der Waals surface area (Å²) in [7, 11) is 1.58. The Morgan fingerprint density at radius 3 is 2.84 bits per heavy atom. The summed E-state index contributed by atoms with van der Waals surface area (Å²) in [6.07, 6.45) is 7.57. The lowest BCUT2D eigenvalue weighted by Gasteiger charge is -2.17. The number of pyridine rings is 1. The Bertz CT molecular complexity index is 1210. The van der Waals surface area contributed by atoms with E-state index in [4.69, 9.17) is 4.74 Å². The summed E-state index contributed by atoms with van der Waals surface area (Å²) in [5.41, 5.74) is 4.86. The number of hydrogen-bond acceptors (Lipinski definition) is 6. The van der Waals surface area contributed by atoms with Gasteiger partial charge in [-0.05, 0) is 55.9 Å². The van der Waals surface area contributed by atoms with Gasteiger partial charge in [-0.25, -0.2) is 14.8 Å². The maximum atomic E-state index is 12.8. The van der Waals surface area contributed by atoms with Crippen LogP contribution in [0.5, 0.6) is 5.88 Å². The highest BCUT2D eigenvalue weighted by Gasteiger charge is 2.21. The third kappa shape index (κ3) is 4.62. The number of carbonyl (C=O) groups is 1. The third-order valence-electron chi connectivity index (χ3n) is 5.39. The number of methoxy groups -OCH3 is 1. The van der Waals surface area contributed by atoms with Gasteiger partial charge in [0.05, 0.1) is 19.0 Å². The molecule has 2 heterocycles. The second-order valence-corrected chi connectivity index (χ2v) is 8.62. The Hall–Kier alpha value is -3.33. The van der Waals surface area contributed by atoms with Crippen molar-refractivity contribution in [3.8, 4) is 17.0 Å². The predicted molar refractivity (Wildman–Crippen MR) is 125 cm³/mol. The van der Waals surface area contributed by atoms with Crippen LogP contribution in [0.2, 0.25) is 0 Å². The summed E-state index contributed by atoms with van der Waals surface area (Å²) in [5, 5.41) is 3.57. The number of hydrogen-bond donors (Lipinski definition) is 2. The summed E-state index contributed by atoms with van der Waals surface area (Å²) in [6.45, 7) is 3.84. The quantitative estimate of drug-likeness (QED) is 0.545. The molecule has 8 nitrogen and oxygen atoms in total. The van der Waals surface area contributed by atoms with Crippen molar-refractivity contribution < 1.29 is 9.53 Å². The van der Waals surface area contributed by atoms with Crippen LogP contribution in [0, 0.1) is 0 Å². The summed E-state index contributed by atoms with van der Waals surface area (Å²) in [4.78, 5) is 33.0. The van der Waals surface area contributed by atoms with Gasteiger partial charge < -0.3 is 14.6 Å². The van der Waals surface area contributed by atoms with Crippen LogP contribution in [0.3, 0.4) is 0 Å². The lowest BCUT2D eigenvalue weighted by molar-refractivity contribution is 0.257. The molecular weight excluding hydrogens is 426 g/mol. The van der Waals surface area contributed by atoms with E-state index >= 15 is 0 Å². The lowest BCUT2D eigenvalue weighted by Crippen LogP contribution is -2.25. The van der Waals surface area contributed by atoms with E-state index in [1.54, 1.807) is 24.1 Å². The van der Waals surface area contributed by atoms with E-state index in [0.717, 1.165) is 53.6 Å². The van der Waals surface area contributed by atoms with E-state index in [2.05, 4.69) is 26.1 Å². The van der Waals surface area contributed by atoms with Crippen molar-refractivity contribution in [1.29, 1.82) is 0 Å². The van der Waals surface area contributed by atoms with Gasteiger partial charge in [0.2, 0.25) is 5.88 Å². The topological polar surface area (TPSA) is 98.1 Å². The van der Waals surface area contributed by atoms with Crippen LogP contribution in [-0.4, -0.2) is 27.7 Å². The number of amides is 2. The molecule has 0 saturated heterocycles. The second-order valence-electron chi connectivity index (χ2n) is 7.79. The molecule has 3 aromatic rings. The van der Waals surface area contributed by atoms with Crippen molar-refractivity contribution in [2.75, 3.05) is 12.4 Å². The zero-order chi connectivity index (χ0) is 22.7. The van der Waals surface area contributed by atoms with Crippen molar-refractivity contribution in [3.05, 3.63) is 64.3 Å². The van der Waals surface area contributed by atoms with Gasteiger partial charge in [-0.1, -0.05) is 12.1 Å². The number of ether oxygens (including phenoxy) is 1. The van der Waals surface area contributed by atoms with Crippen LogP contribution < -0.4 is 20.3 Å². The number of aryl methyl sites for hydroxylation is 1. The van der Waals surface area contributed by atoms with Gasteiger partial charge in [-0.3, -0.25) is 9.52 Å². The van der Waals surface area contributed by atoms with Gasteiger partial charge in [-0.2, -0.15) is 0 Å². The van der Waals surface area contributed by atoms with E-state index in [9.17, 15) is 9.59 Å². The normalized spacial score (nSPS) is 12.5. The zero-order valence-electron chi connectivity index (χ0n) is 18.2. The standard InChI is InChI=1S/C23H25N5O3S/c1-14(2)28-13-20(25-12-21(28)29)32-27-23(30)26-22-17-6-4-5-15(17)7-8-18(22)16-9-10-24-19(11-16)31-3/h7-14H,4-6H2,1-3H3,(H2,26,27,30). The molecule has 2 N–H and O–H groups in total. The number of rotatable bonds is 6. The molecule has 0 atom stereocenters. The minimum Gasteiger partial charge on any atom is -0.481 e. The maximum Gasteiger partial charge on any atom is 0.329 e. The molecule has 2 aromatic heterocycles. The third-order valence-corrected chi connectivity index (χ3v) is 6.09. The fraction of sp³-hybridized carbons (Fsp3) is 0.304. The van der Waals surface area contributed by atoms with Gasteiger partial charge in [0.25, 0.3) is 5.56 Å². The molecule has 0 bridgehead atoms. The van der Waals surface area contributed by atoms with E-state index < -0.39 is 0 Å². The highest BCUT2D eigenvalue weighted by Crippen LogP contribution is 2.38. The first-order chi connectivity index (χ1) is 15.5. The largest absolute Gasteiger partial charge is 0.481 e. The SMILES string of the molecule is COc1cc(-c2ccc3c(c2NC(=O)NSc2cn(C(C)C)c(=O)cn2)CCC3)ccn1.